The van der Waals surface area contributed by atoms with Crippen LogP contribution in [0.3, 0.4) is 0 Å². The SMILES string of the molecule is Cc1ccc(C)c(NC(=O)O[C@H](C)CNC(=O)[C@@H]2[C@H](C=C(Cl)Cl)C2(C)C)c1. The molecule has 0 heterocycles. The first-order valence-electron chi connectivity index (χ1n) is 8.87. The lowest BCUT2D eigenvalue weighted by Crippen LogP contribution is -2.35. The number of anilines is 1. The summed E-state index contributed by atoms with van der Waals surface area (Å²) in [5, 5.41) is 5.57. The Morgan fingerprint density at radius 1 is 1.30 bits per heavy atom. The first kappa shape index (κ1) is 21.6. The Morgan fingerprint density at radius 3 is 2.59 bits per heavy atom. The number of aryl methyl sites for hydroxylation is 2. The summed E-state index contributed by atoms with van der Waals surface area (Å²) < 4.78 is 5.49. The molecule has 3 atom stereocenters. The molecule has 1 saturated carbocycles. The lowest BCUT2D eigenvalue weighted by atomic mass is 10.1. The maximum absolute atomic E-state index is 12.4. The molecule has 0 saturated heterocycles. The van der Waals surface area contributed by atoms with Crippen molar-refractivity contribution in [3.63, 3.8) is 0 Å². The van der Waals surface area contributed by atoms with Crippen molar-refractivity contribution in [3.8, 4) is 0 Å². The second kappa shape index (κ2) is 8.53. The van der Waals surface area contributed by atoms with Gasteiger partial charge in [-0.25, -0.2) is 4.79 Å². The van der Waals surface area contributed by atoms with E-state index in [9.17, 15) is 9.59 Å². The first-order valence-corrected chi connectivity index (χ1v) is 9.63. The number of nitrogens with one attached hydrogen (secondary N) is 2. The summed E-state index contributed by atoms with van der Waals surface area (Å²) >= 11 is 11.4. The second-order valence-corrected chi connectivity index (χ2v) is 8.69. The fraction of sp³-hybridized carbons (Fsp3) is 0.500. The van der Waals surface area contributed by atoms with Gasteiger partial charge in [0.05, 0.1) is 12.5 Å². The smallest absolute Gasteiger partial charge is 0.411 e. The monoisotopic (exact) mass is 412 g/mol. The molecule has 0 aliphatic heterocycles. The number of benzene rings is 1. The minimum atomic E-state index is -0.549. The molecule has 0 radical (unpaired) electrons. The number of carbonyl (C=O) groups excluding carboxylic acids is 2. The molecule has 1 aliphatic rings. The van der Waals surface area contributed by atoms with Gasteiger partial charge in [0.2, 0.25) is 5.91 Å². The lowest BCUT2D eigenvalue weighted by molar-refractivity contribution is -0.123. The van der Waals surface area contributed by atoms with E-state index in [0.717, 1.165) is 11.1 Å². The number of amides is 2. The van der Waals surface area contributed by atoms with E-state index in [4.69, 9.17) is 27.9 Å². The number of hydrogen-bond acceptors (Lipinski definition) is 3. The Bertz CT molecular complexity index is 758. The van der Waals surface area contributed by atoms with Crippen LogP contribution in [0.15, 0.2) is 28.8 Å². The number of rotatable bonds is 6. The minimum absolute atomic E-state index is 0.00585. The molecule has 148 valence electrons. The van der Waals surface area contributed by atoms with E-state index >= 15 is 0 Å². The molecule has 27 heavy (non-hydrogen) atoms. The van der Waals surface area contributed by atoms with E-state index in [1.165, 1.54) is 0 Å². The van der Waals surface area contributed by atoms with Crippen LogP contribution in [0.1, 0.15) is 31.9 Å². The van der Waals surface area contributed by atoms with Crippen molar-refractivity contribution in [1.29, 1.82) is 0 Å². The summed E-state index contributed by atoms with van der Waals surface area (Å²) in [6, 6.07) is 5.79. The Hall–Kier alpha value is -1.72. The van der Waals surface area contributed by atoms with Gasteiger partial charge >= 0.3 is 6.09 Å². The molecule has 1 aliphatic carbocycles. The van der Waals surface area contributed by atoms with E-state index < -0.39 is 12.2 Å². The van der Waals surface area contributed by atoms with Crippen LogP contribution in [-0.4, -0.2) is 24.6 Å². The van der Waals surface area contributed by atoms with Gasteiger partial charge in [0.1, 0.15) is 10.6 Å². The zero-order valence-corrected chi connectivity index (χ0v) is 17.7. The van der Waals surface area contributed by atoms with Crippen molar-refractivity contribution in [2.24, 2.45) is 17.3 Å². The summed E-state index contributed by atoms with van der Waals surface area (Å²) in [5.74, 6) is -0.284. The molecule has 2 amide bonds. The Balaban J connectivity index is 1.81. The minimum Gasteiger partial charge on any atom is -0.444 e. The zero-order chi connectivity index (χ0) is 20.4. The van der Waals surface area contributed by atoms with Gasteiger partial charge in [0, 0.05) is 5.69 Å². The van der Waals surface area contributed by atoms with Crippen molar-refractivity contribution in [3.05, 3.63) is 39.9 Å². The fourth-order valence-corrected chi connectivity index (χ4v) is 3.49. The highest BCUT2D eigenvalue weighted by Gasteiger charge is 2.60. The quantitative estimate of drug-likeness (QED) is 0.694. The number of carbonyl (C=O) groups is 2. The van der Waals surface area contributed by atoms with Gasteiger partial charge in [-0.15, -0.1) is 0 Å². The maximum Gasteiger partial charge on any atom is 0.411 e. The number of ether oxygens (including phenoxy) is 1. The zero-order valence-electron chi connectivity index (χ0n) is 16.2. The first-order chi connectivity index (χ1) is 12.5. The molecule has 0 bridgehead atoms. The molecule has 1 aromatic rings. The van der Waals surface area contributed by atoms with Gasteiger partial charge in [0.15, 0.2) is 0 Å². The van der Waals surface area contributed by atoms with Gasteiger partial charge < -0.3 is 10.1 Å². The van der Waals surface area contributed by atoms with Crippen molar-refractivity contribution in [1.82, 2.24) is 5.32 Å². The third-order valence-electron chi connectivity index (χ3n) is 5.00. The molecule has 2 rings (SSSR count). The molecule has 7 heteroatoms. The van der Waals surface area contributed by atoms with Crippen LogP contribution in [0.25, 0.3) is 0 Å². The normalized spacial score (nSPS) is 21.0. The molecule has 0 aromatic heterocycles. The molecular weight excluding hydrogens is 387 g/mol. The molecule has 0 spiro atoms. The van der Waals surface area contributed by atoms with Crippen molar-refractivity contribution in [2.75, 3.05) is 11.9 Å². The van der Waals surface area contributed by atoms with Crippen LogP contribution < -0.4 is 10.6 Å². The average molecular weight is 413 g/mol. The molecule has 1 fully saturated rings. The molecule has 0 unspecified atom stereocenters. The predicted octanol–water partition coefficient (Wildman–Crippen LogP) is 4.95. The van der Waals surface area contributed by atoms with Gasteiger partial charge in [-0.1, -0.05) is 49.2 Å². The summed E-state index contributed by atoms with van der Waals surface area (Å²) in [5.41, 5.74) is 2.52. The van der Waals surface area contributed by atoms with Crippen LogP contribution in [-0.2, 0) is 9.53 Å². The highest BCUT2D eigenvalue weighted by atomic mass is 35.5. The fourth-order valence-electron chi connectivity index (χ4n) is 3.21. The second-order valence-electron chi connectivity index (χ2n) is 7.69. The third kappa shape index (κ3) is 5.63. The van der Waals surface area contributed by atoms with E-state index in [0.29, 0.717) is 5.69 Å². The van der Waals surface area contributed by atoms with Crippen LogP contribution in [0.5, 0.6) is 0 Å². The van der Waals surface area contributed by atoms with E-state index in [-0.39, 0.29) is 34.2 Å². The molecular formula is C20H26Cl2N2O3. The predicted molar refractivity (Wildman–Crippen MR) is 109 cm³/mol. The van der Waals surface area contributed by atoms with Crippen LogP contribution in [0.4, 0.5) is 10.5 Å². The number of allylic oxidation sites excluding steroid dienone is 1. The van der Waals surface area contributed by atoms with Crippen molar-refractivity contribution < 1.29 is 14.3 Å². The van der Waals surface area contributed by atoms with Crippen molar-refractivity contribution >= 4 is 40.9 Å². The van der Waals surface area contributed by atoms with Crippen LogP contribution in [0, 0.1) is 31.1 Å². The van der Waals surface area contributed by atoms with Crippen molar-refractivity contribution in [2.45, 2.75) is 40.7 Å². The third-order valence-corrected chi connectivity index (χ3v) is 5.25. The lowest BCUT2D eigenvalue weighted by Gasteiger charge is -2.16. The van der Waals surface area contributed by atoms with E-state index in [1.54, 1.807) is 13.0 Å². The van der Waals surface area contributed by atoms with Gasteiger partial charge in [0.25, 0.3) is 0 Å². The molecule has 2 N–H and O–H groups in total. The van der Waals surface area contributed by atoms with E-state index in [1.807, 2.05) is 45.9 Å². The molecule has 1 aromatic carbocycles. The number of hydrogen-bond donors (Lipinski definition) is 2. The topological polar surface area (TPSA) is 67.4 Å². The van der Waals surface area contributed by atoms with Crippen LogP contribution in [0.2, 0.25) is 0 Å². The highest BCUT2D eigenvalue weighted by Crippen LogP contribution is 2.59. The molecule has 5 nitrogen and oxygen atoms in total. The van der Waals surface area contributed by atoms with Gasteiger partial charge in [-0.2, -0.15) is 0 Å². The largest absolute Gasteiger partial charge is 0.444 e. The average Bonchev–Trinajstić information content (AvgIpc) is 3.08. The standard InChI is InChI=1S/C20H26Cl2N2O3/c1-11-6-7-12(2)15(8-11)24-19(26)27-13(3)10-23-18(25)17-14(9-16(21)22)20(17,4)5/h6-9,13-14,17H,10H2,1-5H3,(H,23,25)(H,24,26)/t13-,14+,17+/m1/s1. The Labute approximate surface area is 170 Å². The Morgan fingerprint density at radius 2 is 1.96 bits per heavy atom. The van der Waals surface area contributed by atoms with E-state index in [2.05, 4.69) is 10.6 Å². The summed E-state index contributed by atoms with van der Waals surface area (Å²) in [7, 11) is 0. The van der Waals surface area contributed by atoms with Gasteiger partial charge in [-0.05, 0) is 55.4 Å². The number of halogens is 2. The van der Waals surface area contributed by atoms with Crippen LogP contribution >= 0.6 is 23.2 Å². The summed E-state index contributed by atoms with van der Waals surface area (Å²) in [4.78, 5) is 24.5. The highest BCUT2D eigenvalue weighted by molar-refractivity contribution is 6.55. The van der Waals surface area contributed by atoms with Gasteiger partial charge in [-0.3, -0.25) is 10.1 Å². The summed E-state index contributed by atoms with van der Waals surface area (Å²) in [6.07, 6.45) is 0.684. The maximum atomic E-state index is 12.4. The Kier molecular flexibility index (Phi) is 6.82. The summed E-state index contributed by atoms with van der Waals surface area (Å²) in [6.45, 7) is 9.81.